The SMILES string of the molecule is Cn1c2ccccc2c2c(-c3cccc4c(-c5cc(-c6ccccc6)c6ccccc6c5)c5cccc(-c6cccc7c6c6ccccc6n7C)c5cc34)cccc21. The third-order valence-electron chi connectivity index (χ3n) is 12.7. The molecule has 0 bridgehead atoms. The molecule has 0 aliphatic heterocycles. The molecular weight excluding hydrogens is 701 g/mol. The first-order valence-electron chi connectivity index (χ1n) is 20.1. The monoisotopic (exact) mass is 738 g/mol. The second-order valence-electron chi connectivity index (χ2n) is 15.7. The molecule has 58 heavy (non-hydrogen) atoms. The Morgan fingerprint density at radius 2 is 0.724 bits per heavy atom. The molecule has 10 aromatic carbocycles. The van der Waals surface area contributed by atoms with Gasteiger partial charge in [0.05, 0.1) is 0 Å². The molecule has 0 fully saturated rings. The summed E-state index contributed by atoms with van der Waals surface area (Å²) >= 11 is 0. The molecule has 0 atom stereocenters. The van der Waals surface area contributed by atoms with E-state index < -0.39 is 0 Å². The van der Waals surface area contributed by atoms with Gasteiger partial charge in [-0.3, -0.25) is 0 Å². The van der Waals surface area contributed by atoms with Crippen LogP contribution in [0.5, 0.6) is 0 Å². The zero-order chi connectivity index (χ0) is 38.5. The molecule has 272 valence electrons. The Hall–Kier alpha value is -7.42. The zero-order valence-electron chi connectivity index (χ0n) is 32.4. The highest BCUT2D eigenvalue weighted by Crippen LogP contribution is 2.48. The normalized spacial score (nSPS) is 12.0. The Bertz CT molecular complexity index is 3460. The molecule has 2 heterocycles. The standard InChI is InChI=1S/C56H38N2/c1-57-50-28-10-8-20-45(50)55-41(26-14-30-52(55)57)39-22-12-24-43-48(39)34-49-40(42-27-15-31-53-56(42)46-21-9-11-29-51(46)58(53)2)23-13-25-44(49)54(43)37-32-36-18-6-7-19-38(36)47(33-37)35-16-4-3-5-17-35/h3-34H,1-2H3. The van der Waals surface area contributed by atoms with Crippen LogP contribution < -0.4 is 0 Å². The minimum atomic E-state index is 1.22. The Kier molecular flexibility index (Phi) is 7.09. The van der Waals surface area contributed by atoms with Crippen LogP contribution in [-0.4, -0.2) is 9.13 Å². The minimum absolute atomic E-state index is 1.22. The quantitative estimate of drug-likeness (QED) is 0.159. The number of nitrogens with zero attached hydrogens (tertiary/aromatic N) is 2. The molecule has 12 aromatic rings. The second kappa shape index (κ2) is 12.5. The number of rotatable bonds is 4. The van der Waals surface area contributed by atoms with Crippen LogP contribution in [0.25, 0.3) is 120 Å². The Morgan fingerprint density at radius 1 is 0.276 bits per heavy atom. The molecular formula is C56H38N2. The third kappa shape index (κ3) is 4.66. The smallest absolute Gasteiger partial charge is 0.0495 e. The maximum absolute atomic E-state index is 2.49. The highest BCUT2D eigenvalue weighted by molar-refractivity contribution is 6.25. The zero-order valence-corrected chi connectivity index (χ0v) is 32.4. The summed E-state index contributed by atoms with van der Waals surface area (Å²) in [5.74, 6) is 0. The van der Waals surface area contributed by atoms with Crippen molar-refractivity contribution in [2.24, 2.45) is 14.1 Å². The van der Waals surface area contributed by atoms with E-state index in [1.807, 2.05) is 0 Å². The average Bonchev–Trinajstić information content (AvgIpc) is 3.75. The van der Waals surface area contributed by atoms with Gasteiger partial charge in [0.25, 0.3) is 0 Å². The van der Waals surface area contributed by atoms with Crippen molar-refractivity contribution >= 4 is 75.9 Å². The van der Waals surface area contributed by atoms with E-state index in [-0.39, 0.29) is 0 Å². The van der Waals surface area contributed by atoms with Gasteiger partial charge >= 0.3 is 0 Å². The largest absolute Gasteiger partial charge is 0.344 e. The van der Waals surface area contributed by atoms with E-state index >= 15 is 0 Å². The lowest BCUT2D eigenvalue weighted by molar-refractivity contribution is 1.01. The highest BCUT2D eigenvalue weighted by atomic mass is 14.9. The Morgan fingerprint density at radius 3 is 1.31 bits per heavy atom. The van der Waals surface area contributed by atoms with Gasteiger partial charge in [-0.05, 0) is 119 Å². The lowest BCUT2D eigenvalue weighted by Gasteiger charge is -2.19. The molecule has 0 saturated carbocycles. The van der Waals surface area contributed by atoms with E-state index in [0.29, 0.717) is 0 Å². The van der Waals surface area contributed by atoms with E-state index in [4.69, 9.17) is 0 Å². The van der Waals surface area contributed by atoms with Crippen LogP contribution in [0.4, 0.5) is 0 Å². The summed E-state index contributed by atoms with van der Waals surface area (Å²) in [7, 11) is 4.38. The highest BCUT2D eigenvalue weighted by Gasteiger charge is 2.21. The predicted molar refractivity (Wildman–Crippen MR) is 249 cm³/mol. The van der Waals surface area contributed by atoms with Crippen LogP contribution in [0.1, 0.15) is 0 Å². The van der Waals surface area contributed by atoms with Gasteiger partial charge in [0.1, 0.15) is 0 Å². The number of para-hydroxylation sites is 2. The summed E-state index contributed by atoms with van der Waals surface area (Å²) in [6.45, 7) is 0. The first-order valence-corrected chi connectivity index (χ1v) is 20.1. The van der Waals surface area contributed by atoms with Gasteiger partial charge in [-0.2, -0.15) is 0 Å². The van der Waals surface area contributed by atoms with Crippen molar-refractivity contribution in [1.82, 2.24) is 9.13 Å². The lowest BCUT2D eigenvalue weighted by atomic mass is 9.84. The van der Waals surface area contributed by atoms with Crippen molar-refractivity contribution in [2.75, 3.05) is 0 Å². The molecule has 0 N–H and O–H groups in total. The van der Waals surface area contributed by atoms with Crippen molar-refractivity contribution in [3.05, 3.63) is 194 Å². The van der Waals surface area contributed by atoms with Crippen molar-refractivity contribution in [3.8, 4) is 44.5 Å². The molecule has 0 spiro atoms. The summed E-state index contributed by atoms with van der Waals surface area (Å²) < 4.78 is 4.67. The fraction of sp³-hybridized carbons (Fsp3) is 0.0357. The van der Waals surface area contributed by atoms with Crippen molar-refractivity contribution in [1.29, 1.82) is 0 Å². The lowest BCUT2D eigenvalue weighted by Crippen LogP contribution is -1.93. The Labute approximate surface area is 336 Å². The Balaban J connectivity index is 1.25. The summed E-state index contributed by atoms with van der Waals surface area (Å²) in [6.07, 6.45) is 0. The maximum atomic E-state index is 2.49. The second-order valence-corrected chi connectivity index (χ2v) is 15.7. The fourth-order valence-corrected chi connectivity index (χ4v) is 10.1. The fourth-order valence-electron chi connectivity index (χ4n) is 10.1. The molecule has 0 aliphatic rings. The molecule has 0 saturated heterocycles. The van der Waals surface area contributed by atoms with Gasteiger partial charge in [0, 0.05) is 57.7 Å². The minimum Gasteiger partial charge on any atom is -0.344 e. The molecule has 0 aliphatic carbocycles. The van der Waals surface area contributed by atoms with Crippen LogP contribution in [0.15, 0.2) is 194 Å². The van der Waals surface area contributed by atoms with Gasteiger partial charge in [0.2, 0.25) is 0 Å². The molecule has 0 amide bonds. The summed E-state index contributed by atoms with van der Waals surface area (Å²) in [6, 6.07) is 72.1. The summed E-state index contributed by atoms with van der Waals surface area (Å²) in [5, 5.41) is 12.6. The molecule has 2 heteroatoms. The molecule has 0 unspecified atom stereocenters. The van der Waals surface area contributed by atoms with Crippen LogP contribution in [-0.2, 0) is 14.1 Å². The number of hydrogen-bond acceptors (Lipinski definition) is 0. The van der Waals surface area contributed by atoms with Crippen LogP contribution in [0.3, 0.4) is 0 Å². The molecule has 12 rings (SSSR count). The maximum Gasteiger partial charge on any atom is 0.0495 e. The number of fused-ring (bicyclic) bond motifs is 9. The van der Waals surface area contributed by atoms with Crippen molar-refractivity contribution < 1.29 is 0 Å². The van der Waals surface area contributed by atoms with Crippen LogP contribution in [0.2, 0.25) is 0 Å². The van der Waals surface area contributed by atoms with Crippen molar-refractivity contribution in [2.45, 2.75) is 0 Å². The average molecular weight is 739 g/mol. The van der Waals surface area contributed by atoms with Gasteiger partial charge in [0.15, 0.2) is 0 Å². The number of hydrogen-bond donors (Lipinski definition) is 0. The number of aromatic nitrogens is 2. The molecule has 2 nitrogen and oxygen atoms in total. The van der Waals surface area contributed by atoms with Gasteiger partial charge in [-0.15, -0.1) is 0 Å². The molecule has 2 aromatic heterocycles. The topological polar surface area (TPSA) is 9.86 Å². The molecule has 0 radical (unpaired) electrons. The van der Waals surface area contributed by atoms with Crippen LogP contribution >= 0.6 is 0 Å². The van der Waals surface area contributed by atoms with E-state index in [1.54, 1.807) is 0 Å². The van der Waals surface area contributed by atoms with E-state index in [1.165, 1.54) is 120 Å². The number of aryl methyl sites for hydroxylation is 2. The van der Waals surface area contributed by atoms with E-state index in [0.717, 1.165) is 0 Å². The summed E-state index contributed by atoms with van der Waals surface area (Å²) in [5.41, 5.74) is 14.9. The van der Waals surface area contributed by atoms with Gasteiger partial charge < -0.3 is 9.13 Å². The van der Waals surface area contributed by atoms with Gasteiger partial charge in [-0.1, -0.05) is 152 Å². The van der Waals surface area contributed by atoms with Gasteiger partial charge in [-0.25, -0.2) is 0 Å². The van der Waals surface area contributed by atoms with Crippen LogP contribution in [0, 0.1) is 0 Å². The predicted octanol–water partition coefficient (Wildman–Crippen LogP) is 15.1. The van der Waals surface area contributed by atoms with E-state index in [9.17, 15) is 0 Å². The number of benzene rings is 10. The van der Waals surface area contributed by atoms with Crippen molar-refractivity contribution in [3.63, 3.8) is 0 Å². The third-order valence-corrected chi connectivity index (χ3v) is 12.7. The summed E-state index contributed by atoms with van der Waals surface area (Å²) in [4.78, 5) is 0. The first-order chi connectivity index (χ1) is 28.6. The van der Waals surface area contributed by atoms with E-state index in [2.05, 4.69) is 217 Å². The first kappa shape index (κ1) is 32.8.